The highest BCUT2D eigenvalue weighted by molar-refractivity contribution is 9.10. The molecule has 0 saturated carbocycles. The average Bonchev–Trinajstić information content (AvgIpc) is 2.94. The Bertz CT molecular complexity index is 650. The number of benzene rings is 1. The average molecular weight is 434 g/mol. The lowest BCUT2D eigenvalue weighted by atomic mass is 10.1. The van der Waals surface area contributed by atoms with Gasteiger partial charge in [0, 0.05) is 40.0 Å². The summed E-state index contributed by atoms with van der Waals surface area (Å²) in [5, 5.41) is 10.4. The summed E-state index contributed by atoms with van der Waals surface area (Å²) in [7, 11) is 3.61. The van der Waals surface area contributed by atoms with Crippen molar-refractivity contribution in [3.8, 4) is 0 Å². The van der Waals surface area contributed by atoms with Gasteiger partial charge in [-0.2, -0.15) is 5.10 Å². The van der Waals surface area contributed by atoms with Gasteiger partial charge in [-0.05, 0) is 31.3 Å². The van der Waals surface area contributed by atoms with Gasteiger partial charge in [0.1, 0.15) is 6.04 Å². The molecule has 1 heterocycles. The molecule has 1 aromatic heterocycles. The van der Waals surface area contributed by atoms with E-state index in [9.17, 15) is 4.79 Å². The molecule has 0 fully saturated rings. The molecular weight excluding hydrogens is 412 g/mol. The van der Waals surface area contributed by atoms with Gasteiger partial charge in [-0.15, -0.1) is 24.2 Å². The number of likely N-dealkylation sites (N-methyl/N-ethyl adjacent to an activating group) is 1. The minimum absolute atomic E-state index is 0. The number of halogens is 2. The number of amides is 1. The van der Waals surface area contributed by atoms with E-state index < -0.39 is 0 Å². The third-order valence-electron chi connectivity index (χ3n) is 3.32. The van der Waals surface area contributed by atoms with Crippen LogP contribution in [0.2, 0.25) is 0 Å². The van der Waals surface area contributed by atoms with Crippen LogP contribution in [0, 0.1) is 0 Å². The minimum Gasteiger partial charge on any atom is -0.353 e. The van der Waals surface area contributed by atoms with Gasteiger partial charge in [-0.25, -0.2) is 0 Å². The monoisotopic (exact) mass is 432 g/mol. The SMILES string of the molecule is CNC(C(=O)NCC(C)Sc1ccc(Br)cc1)c1cnn(C)c1.Cl. The maximum atomic E-state index is 12.4. The van der Waals surface area contributed by atoms with Crippen LogP contribution in [-0.2, 0) is 11.8 Å². The fraction of sp³-hybridized carbons (Fsp3) is 0.375. The molecule has 5 nitrogen and oxygen atoms in total. The summed E-state index contributed by atoms with van der Waals surface area (Å²) in [5.41, 5.74) is 0.862. The van der Waals surface area contributed by atoms with Crippen molar-refractivity contribution in [3.63, 3.8) is 0 Å². The lowest BCUT2D eigenvalue weighted by Crippen LogP contribution is -2.38. The Morgan fingerprint density at radius 2 is 2.04 bits per heavy atom. The first-order valence-corrected chi connectivity index (χ1v) is 9.02. The van der Waals surface area contributed by atoms with Crippen molar-refractivity contribution in [2.24, 2.45) is 7.05 Å². The Labute approximate surface area is 161 Å². The van der Waals surface area contributed by atoms with E-state index in [0.717, 1.165) is 10.0 Å². The van der Waals surface area contributed by atoms with Crippen molar-refractivity contribution >= 4 is 46.0 Å². The number of nitrogens with zero attached hydrogens (tertiary/aromatic N) is 2. The van der Waals surface area contributed by atoms with Crippen molar-refractivity contribution in [2.45, 2.75) is 23.1 Å². The molecule has 0 saturated heterocycles. The number of rotatable bonds is 7. The molecule has 1 amide bonds. The summed E-state index contributed by atoms with van der Waals surface area (Å²) in [4.78, 5) is 13.5. The largest absolute Gasteiger partial charge is 0.353 e. The summed E-state index contributed by atoms with van der Waals surface area (Å²) in [5.74, 6) is -0.0382. The number of hydrogen-bond donors (Lipinski definition) is 2. The van der Waals surface area contributed by atoms with Gasteiger partial charge in [0.2, 0.25) is 5.91 Å². The number of nitrogens with one attached hydrogen (secondary N) is 2. The third kappa shape index (κ3) is 6.12. The van der Waals surface area contributed by atoms with E-state index >= 15 is 0 Å². The van der Waals surface area contributed by atoms with Crippen LogP contribution >= 0.6 is 40.1 Å². The van der Waals surface area contributed by atoms with Crippen molar-refractivity contribution in [3.05, 3.63) is 46.7 Å². The van der Waals surface area contributed by atoms with Crippen LogP contribution in [-0.4, -0.2) is 34.5 Å². The molecule has 0 radical (unpaired) electrons. The van der Waals surface area contributed by atoms with E-state index in [-0.39, 0.29) is 29.6 Å². The molecule has 1 aromatic carbocycles. The van der Waals surface area contributed by atoms with Crippen LogP contribution < -0.4 is 10.6 Å². The highest BCUT2D eigenvalue weighted by Crippen LogP contribution is 2.24. The highest BCUT2D eigenvalue weighted by atomic mass is 79.9. The fourth-order valence-electron chi connectivity index (χ4n) is 2.17. The van der Waals surface area contributed by atoms with E-state index in [0.29, 0.717) is 6.54 Å². The van der Waals surface area contributed by atoms with Gasteiger partial charge in [-0.3, -0.25) is 9.48 Å². The zero-order chi connectivity index (χ0) is 16.8. The number of carbonyl (C=O) groups is 1. The molecule has 24 heavy (non-hydrogen) atoms. The normalized spacial score (nSPS) is 13.0. The summed E-state index contributed by atoms with van der Waals surface area (Å²) in [6, 6.07) is 7.80. The van der Waals surface area contributed by atoms with E-state index in [2.05, 4.69) is 50.7 Å². The molecule has 2 atom stereocenters. The smallest absolute Gasteiger partial charge is 0.241 e. The molecule has 0 aliphatic heterocycles. The van der Waals surface area contributed by atoms with Gasteiger partial charge < -0.3 is 10.6 Å². The summed E-state index contributed by atoms with van der Waals surface area (Å²) in [6.45, 7) is 2.71. The third-order valence-corrected chi connectivity index (χ3v) is 4.97. The molecule has 0 aliphatic carbocycles. The summed E-state index contributed by atoms with van der Waals surface area (Å²) < 4.78 is 2.76. The van der Waals surface area contributed by atoms with Gasteiger partial charge in [-0.1, -0.05) is 22.9 Å². The van der Waals surface area contributed by atoms with Gasteiger partial charge >= 0.3 is 0 Å². The molecule has 132 valence electrons. The lowest BCUT2D eigenvalue weighted by molar-refractivity contribution is -0.123. The first-order valence-electron chi connectivity index (χ1n) is 7.35. The second kappa shape index (κ2) is 10.1. The molecule has 2 N–H and O–H groups in total. The number of carbonyl (C=O) groups excluding carboxylic acids is 1. The maximum absolute atomic E-state index is 12.4. The Hall–Kier alpha value is -1.02. The second-order valence-electron chi connectivity index (χ2n) is 5.30. The van der Waals surface area contributed by atoms with Gasteiger partial charge in [0.25, 0.3) is 0 Å². The van der Waals surface area contributed by atoms with Crippen LogP contribution in [0.15, 0.2) is 46.0 Å². The molecule has 0 spiro atoms. The molecule has 2 aromatic rings. The minimum atomic E-state index is -0.381. The first kappa shape index (κ1) is 21.0. The molecular formula is C16H22BrClN4OS. The number of aromatic nitrogens is 2. The molecule has 2 rings (SSSR count). The summed E-state index contributed by atoms with van der Waals surface area (Å²) >= 11 is 5.17. The number of thioether (sulfide) groups is 1. The Morgan fingerprint density at radius 3 is 2.58 bits per heavy atom. The topological polar surface area (TPSA) is 59.0 Å². The fourth-order valence-corrected chi connectivity index (χ4v) is 3.36. The van der Waals surface area contributed by atoms with Crippen LogP contribution in [0.1, 0.15) is 18.5 Å². The molecule has 2 unspecified atom stereocenters. The molecule has 0 aliphatic rings. The van der Waals surface area contributed by atoms with E-state index in [1.54, 1.807) is 29.7 Å². The Balaban J connectivity index is 0.00000288. The van der Waals surface area contributed by atoms with E-state index in [4.69, 9.17) is 0 Å². The summed E-state index contributed by atoms with van der Waals surface area (Å²) in [6.07, 6.45) is 3.56. The quantitative estimate of drug-likeness (QED) is 0.659. The van der Waals surface area contributed by atoms with Crippen LogP contribution in [0.5, 0.6) is 0 Å². The second-order valence-corrected chi connectivity index (χ2v) is 7.72. The zero-order valence-electron chi connectivity index (χ0n) is 13.8. The van der Waals surface area contributed by atoms with Gasteiger partial charge in [0.05, 0.1) is 6.20 Å². The lowest BCUT2D eigenvalue weighted by Gasteiger charge is -2.17. The van der Waals surface area contributed by atoms with Crippen molar-refractivity contribution < 1.29 is 4.79 Å². The van der Waals surface area contributed by atoms with Crippen molar-refractivity contribution in [1.82, 2.24) is 20.4 Å². The highest BCUT2D eigenvalue weighted by Gasteiger charge is 2.20. The van der Waals surface area contributed by atoms with Crippen LogP contribution in [0.25, 0.3) is 0 Å². The standard InChI is InChI=1S/C16H21BrN4OS.ClH/c1-11(23-14-6-4-13(17)5-7-14)8-19-16(22)15(18-2)12-9-20-21(3)10-12;/h4-7,9-11,15,18H,8H2,1-3H3,(H,19,22);1H. The van der Waals surface area contributed by atoms with Gasteiger partial charge in [0.15, 0.2) is 0 Å². The molecule has 0 bridgehead atoms. The predicted molar refractivity (Wildman–Crippen MR) is 105 cm³/mol. The Morgan fingerprint density at radius 1 is 1.38 bits per heavy atom. The van der Waals surface area contributed by atoms with Crippen LogP contribution in [0.4, 0.5) is 0 Å². The Kier molecular flexibility index (Phi) is 8.83. The predicted octanol–water partition coefficient (Wildman–Crippen LogP) is 3.16. The number of aryl methyl sites for hydroxylation is 1. The van der Waals surface area contributed by atoms with E-state index in [1.807, 2.05) is 25.4 Å². The zero-order valence-corrected chi connectivity index (χ0v) is 17.0. The number of hydrogen-bond acceptors (Lipinski definition) is 4. The van der Waals surface area contributed by atoms with E-state index in [1.165, 1.54) is 4.90 Å². The molecule has 8 heteroatoms. The first-order chi connectivity index (χ1) is 11.0. The maximum Gasteiger partial charge on any atom is 0.241 e. The van der Waals surface area contributed by atoms with Crippen molar-refractivity contribution in [2.75, 3.05) is 13.6 Å². The van der Waals surface area contributed by atoms with Crippen LogP contribution in [0.3, 0.4) is 0 Å². The van der Waals surface area contributed by atoms with Crippen molar-refractivity contribution in [1.29, 1.82) is 0 Å².